The summed E-state index contributed by atoms with van der Waals surface area (Å²) in [5.74, 6) is 0.916. The third-order valence-electron chi connectivity index (χ3n) is 3.11. The Bertz CT molecular complexity index is 321. The Morgan fingerprint density at radius 1 is 1.24 bits per heavy atom. The van der Waals surface area contributed by atoms with Gasteiger partial charge < -0.3 is 10.5 Å². The first-order chi connectivity index (χ1) is 8.10. The molecule has 1 atom stereocenters. The van der Waals surface area contributed by atoms with Gasteiger partial charge in [0.15, 0.2) is 0 Å². The first-order valence-corrected chi connectivity index (χ1v) is 6.24. The van der Waals surface area contributed by atoms with Gasteiger partial charge in [-0.3, -0.25) is 4.90 Å². The Morgan fingerprint density at radius 3 is 2.24 bits per heavy atom. The van der Waals surface area contributed by atoms with Crippen molar-refractivity contribution < 1.29 is 4.74 Å². The van der Waals surface area contributed by atoms with Crippen molar-refractivity contribution >= 4 is 0 Å². The third kappa shape index (κ3) is 3.72. The SMILES string of the molecule is CCOc1ccc(C(CN)N(C)C(C)C)cc1. The lowest BCUT2D eigenvalue weighted by molar-refractivity contribution is 0.201. The van der Waals surface area contributed by atoms with Crippen LogP contribution in [0.2, 0.25) is 0 Å². The molecule has 3 nitrogen and oxygen atoms in total. The molecule has 0 heterocycles. The molecule has 0 saturated heterocycles. The summed E-state index contributed by atoms with van der Waals surface area (Å²) < 4.78 is 5.44. The van der Waals surface area contributed by atoms with Crippen LogP contribution in [-0.2, 0) is 0 Å². The van der Waals surface area contributed by atoms with Gasteiger partial charge in [-0.2, -0.15) is 0 Å². The number of benzene rings is 1. The number of ether oxygens (including phenoxy) is 1. The Morgan fingerprint density at radius 2 is 1.82 bits per heavy atom. The highest BCUT2D eigenvalue weighted by molar-refractivity contribution is 5.29. The van der Waals surface area contributed by atoms with E-state index in [4.69, 9.17) is 10.5 Å². The average Bonchev–Trinajstić information content (AvgIpc) is 2.32. The number of nitrogens with two attached hydrogens (primary N) is 1. The van der Waals surface area contributed by atoms with E-state index >= 15 is 0 Å². The molecule has 1 unspecified atom stereocenters. The van der Waals surface area contributed by atoms with Gasteiger partial charge in [0.1, 0.15) is 5.75 Å². The van der Waals surface area contributed by atoms with Gasteiger partial charge in [0.2, 0.25) is 0 Å². The van der Waals surface area contributed by atoms with E-state index < -0.39 is 0 Å². The summed E-state index contributed by atoms with van der Waals surface area (Å²) in [6.45, 7) is 7.67. The number of rotatable bonds is 6. The van der Waals surface area contributed by atoms with E-state index in [-0.39, 0.29) is 6.04 Å². The second-order valence-electron chi connectivity index (χ2n) is 4.51. The molecular formula is C14H24N2O. The van der Waals surface area contributed by atoms with Gasteiger partial charge in [0, 0.05) is 18.6 Å². The molecule has 17 heavy (non-hydrogen) atoms. The van der Waals surface area contributed by atoms with Crippen molar-refractivity contribution in [2.75, 3.05) is 20.2 Å². The molecule has 0 aromatic heterocycles. The molecule has 0 aliphatic carbocycles. The molecule has 1 aromatic rings. The van der Waals surface area contributed by atoms with Gasteiger partial charge in [-0.15, -0.1) is 0 Å². The first-order valence-electron chi connectivity index (χ1n) is 6.24. The highest BCUT2D eigenvalue weighted by atomic mass is 16.5. The Hall–Kier alpha value is -1.06. The summed E-state index contributed by atoms with van der Waals surface area (Å²) in [7, 11) is 2.11. The van der Waals surface area contributed by atoms with Crippen molar-refractivity contribution in [3.8, 4) is 5.75 Å². The van der Waals surface area contributed by atoms with Gasteiger partial charge in [-0.05, 0) is 45.5 Å². The Labute approximate surface area is 105 Å². The maximum absolute atomic E-state index is 5.87. The van der Waals surface area contributed by atoms with Crippen molar-refractivity contribution in [2.45, 2.75) is 32.9 Å². The minimum atomic E-state index is 0.269. The summed E-state index contributed by atoms with van der Waals surface area (Å²) in [6, 6.07) is 8.97. The minimum Gasteiger partial charge on any atom is -0.494 e. The van der Waals surface area contributed by atoms with Gasteiger partial charge in [-0.25, -0.2) is 0 Å². The molecule has 0 amide bonds. The van der Waals surface area contributed by atoms with Gasteiger partial charge in [-0.1, -0.05) is 12.1 Å². The van der Waals surface area contributed by atoms with Crippen LogP contribution in [0.4, 0.5) is 0 Å². The molecule has 0 radical (unpaired) electrons. The first kappa shape index (κ1) is 14.0. The standard InChI is InChI=1S/C14H24N2O/c1-5-17-13-8-6-12(7-9-13)14(10-15)16(4)11(2)3/h6-9,11,14H,5,10,15H2,1-4H3. The Kier molecular flexibility index (Phi) is 5.45. The van der Waals surface area contributed by atoms with Crippen LogP contribution in [0, 0.1) is 0 Å². The number of nitrogens with zero attached hydrogens (tertiary/aromatic N) is 1. The zero-order valence-corrected chi connectivity index (χ0v) is 11.3. The fourth-order valence-electron chi connectivity index (χ4n) is 1.85. The predicted molar refractivity (Wildman–Crippen MR) is 72.3 cm³/mol. The molecule has 96 valence electrons. The van der Waals surface area contributed by atoms with Crippen LogP contribution in [0.5, 0.6) is 5.75 Å². The summed E-state index contributed by atoms with van der Waals surface area (Å²) in [5.41, 5.74) is 7.11. The number of hydrogen-bond donors (Lipinski definition) is 1. The largest absolute Gasteiger partial charge is 0.494 e. The highest BCUT2D eigenvalue weighted by Gasteiger charge is 2.17. The highest BCUT2D eigenvalue weighted by Crippen LogP contribution is 2.22. The Balaban J connectivity index is 2.82. The smallest absolute Gasteiger partial charge is 0.119 e. The molecule has 2 N–H and O–H groups in total. The molecule has 1 aromatic carbocycles. The van der Waals surface area contributed by atoms with Gasteiger partial charge in [0.05, 0.1) is 6.61 Å². The molecular weight excluding hydrogens is 212 g/mol. The van der Waals surface area contributed by atoms with E-state index in [2.05, 4.69) is 37.9 Å². The van der Waals surface area contributed by atoms with E-state index in [1.807, 2.05) is 19.1 Å². The van der Waals surface area contributed by atoms with Gasteiger partial charge in [0.25, 0.3) is 0 Å². The molecule has 0 saturated carbocycles. The van der Waals surface area contributed by atoms with Crippen LogP contribution in [0.25, 0.3) is 0 Å². The van der Waals surface area contributed by atoms with Crippen molar-refractivity contribution in [1.29, 1.82) is 0 Å². The van der Waals surface area contributed by atoms with Crippen molar-refractivity contribution in [1.82, 2.24) is 4.90 Å². The number of hydrogen-bond acceptors (Lipinski definition) is 3. The van der Waals surface area contributed by atoms with Gasteiger partial charge >= 0.3 is 0 Å². The van der Waals surface area contributed by atoms with Crippen LogP contribution < -0.4 is 10.5 Å². The molecule has 0 spiro atoms. The number of likely N-dealkylation sites (N-methyl/N-ethyl adjacent to an activating group) is 1. The summed E-state index contributed by atoms with van der Waals surface area (Å²) in [5, 5.41) is 0. The van der Waals surface area contributed by atoms with Crippen LogP contribution >= 0.6 is 0 Å². The molecule has 0 aliphatic rings. The molecule has 0 aliphatic heterocycles. The summed E-state index contributed by atoms with van der Waals surface area (Å²) in [6.07, 6.45) is 0. The van der Waals surface area contributed by atoms with Crippen LogP contribution in [0.15, 0.2) is 24.3 Å². The lowest BCUT2D eigenvalue weighted by atomic mass is 10.0. The average molecular weight is 236 g/mol. The fourth-order valence-corrected chi connectivity index (χ4v) is 1.85. The second kappa shape index (κ2) is 6.62. The summed E-state index contributed by atoms with van der Waals surface area (Å²) >= 11 is 0. The van der Waals surface area contributed by atoms with Crippen molar-refractivity contribution in [3.63, 3.8) is 0 Å². The van der Waals surface area contributed by atoms with Crippen molar-refractivity contribution in [2.24, 2.45) is 5.73 Å². The molecule has 3 heteroatoms. The molecule has 0 fully saturated rings. The second-order valence-corrected chi connectivity index (χ2v) is 4.51. The van der Waals surface area contributed by atoms with Crippen LogP contribution in [-0.4, -0.2) is 31.1 Å². The van der Waals surface area contributed by atoms with E-state index in [0.29, 0.717) is 19.2 Å². The topological polar surface area (TPSA) is 38.5 Å². The lowest BCUT2D eigenvalue weighted by Crippen LogP contribution is -2.35. The fraction of sp³-hybridized carbons (Fsp3) is 0.571. The van der Waals surface area contributed by atoms with E-state index in [0.717, 1.165) is 5.75 Å². The maximum atomic E-state index is 5.87. The van der Waals surface area contributed by atoms with Crippen LogP contribution in [0.3, 0.4) is 0 Å². The third-order valence-corrected chi connectivity index (χ3v) is 3.11. The molecule has 1 rings (SSSR count). The predicted octanol–water partition coefficient (Wildman–Crippen LogP) is 2.43. The monoisotopic (exact) mass is 236 g/mol. The van der Waals surface area contributed by atoms with Crippen molar-refractivity contribution in [3.05, 3.63) is 29.8 Å². The lowest BCUT2D eigenvalue weighted by Gasteiger charge is -2.30. The van der Waals surface area contributed by atoms with E-state index in [1.54, 1.807) is 0 Å². The maximum Gasteiger partial charge on any atom is 0.119 e. The van der Waals surface area contributed by atoms with E-state index in [9.17, 15) is 0 Å². The summed E-state index contributed by atoms with van der Waals surface area (Å²) in [4.78, 5) is 2.29. The van der Waals surface area contributed by atoms with Crippen LogP contribution in [0.1, 0.15) is 32.4 Å². The quantitative estimate of drug-likeness (QED) is 0.824. The zero-order chi connectivity index (χ0) is 12.8. The minimum absolute atomic E-state index is 0.269. The normalized spacial score (nSPS) is 13.1. The van der Waals surface area contributed by atoms with E-state index in [1.165, 1.54) is 5.56 Å². The molecule has 0 bridgehead atoms. The zero-order valence-electron chi connectivity index (χ0n) is 11.3.